The van der Waals surface area contributed by atoms with Crippen LogP contribution in [0.15, 0.2) is 0 Å². The first-order valence-corrected chi connectivity index (χ1v) is 5.74. The molecule has 1 aliphatic carbocycles. The Morgan fingerprint density at radius 2 is 2.00 bits per heavy atom. The molecule has 0 radical (unpaired) electrons. The predicted octanol–water partition coefficient (Wildman–Crippen LogP) is 1.29. The van der Waals surface area contributed by atoms with Crippen LogP contribution in [0.1, 0.15) is 38.5 Å². The smallest absolute Gasteiger partial charge is 0.220 e. The maximum atomic E-state index is 11.4. The maximum absolute atomic E-state index is 11.4. The molecule has 0 saturated heterocycles. The van der Waals surface area contributed by atoms with Gasteiger partial charge in [0.1, 0.15) is 0 Å². The molecule has 0 unspecified atom stereocenters. The minimum atomic E-state index is 0.244. The zero-order chi connectivity index (χ0) is 10.2. The molecule has 14 heavy (non-hydrogen) atoms. The van der Waals surface area contributed by atoms with E-state index in [2.05, 4.69) is 10.6 Å². The van der Waals surface area contributed by atoms with Crippen molar-refractivity contribution in [3.8, 4) is 0 Å². The van der Waals surface area contributed by atoms with Crippen molar-refractivity contribution in [3.05, 3.63) is 0 Å². The van der Waals surface area contributed by atoms with Gasteiger partial charge in [0.25, 0.3) is 0 Å². The van der Waals surface area contributed by atoms with Gasteiger partial charge in [-0.15, -0.1) is 0 Å². The molecule has 1 fully saturated rings. The van der Waals surface area contributed by atoms with Crippen LogP contribution in [0.4, 0.5) is 0 Å². The summed E-state index contributed by atoms with van der Waals surface area (Å²) in [5, 5.41) is 6.03. The molecule has 0 atom stereocenters. The molecule has 1 amide bonds. The quantitative estimate of drug-likeness (QED) is 0.631. The fourth-order valence-corrected chi connectivity index (χ4v) is 2.04. The first-order chi connectivity index (χ1) is 6.83. The van der Waals surface area contributed by atoms with Crippen LogP contribution >= 0.6 is 0 Å². The summed E-state index contributed by atoms with van der Waals surface area (Å²) in [5.74, 6) is 0.910. The number of carbonyl (C=O) groups is 1. The van der Waals surface area contributed by atoms with Gasteiger partial charge in [-0.25, -0.2) is 0 Å². The van der Waals surface area contributed by atoms with E-state index in [1.165, 1.54) is 25.7 Å². The highest BCUT2D eigenvalue weighted by molar-refractivity contribution is 5.76. The van der Waals surface area contributed by atoms with Crippen LogP contribution < -0.4 is 10.6 Å². The van der Waals surface area contributed by atoms with E-state index in [0.717, 1.165) is 25.9 Å². The van der Waals surface area contributed by atoms with Crippen LogP contribution in [0.2, 0.25) is 0 Å². The number of carbonyl (C=O) groups excluding carboxylic acids is 1. The highest BCUT2D eigenvalue weighted by Crippen LogP contribution is 2.27. The maximum Gasteiger partial charge on any atom is 0.220 e. The lowest BCUT2D eigenvalue weighted by Gasteiger charge is -2.09. The van der Waals surface area contributed by atoms with Crippen LogP contribution in [0.5, 0.6) is 0 Å². The Morgan fingerprint density at radius 3 is 2.64 bits per heavy atom. The van der Waals surface area contributed by atoms with Gasteiger partial charge in [-0.05, 0) is 38.8 Å². The summed E-state index contributed by atoms with van der Waals surface area (Å²) >= 11 is 0. The molecule has 0 aromatic carbocycles. The Kier molecular flexibility index (Phi) is 5.60. The van der Waals surface area contributed by atoms with Crippen molar-refractivity contribution >= 4 is 5.91 Å². The third-order valence-electron chi connectivity index (χ3n) is 2.87. The summed E-state index contributed by atoms with van der Waals surface area (Å²) in [6.07, 6.45) is 6.91. The predicted molar refractivity (Wildman–Crippen MR) is 58.1 cm³/mol. The zero-order valence-corrected chi connectivity index (χ0v) is 9.14. The molecule has 0 aromatic heterocycles. The van der Waals surface area contributed by atoms with Gasteiger partial charge in [0.15, 0.2) is 0 Å². The fraction of sp³-hybridized carbons (Fsp3) is 0.909. The molecule has 3 nitrogen and oxygen atoms in total. The van der Waals surface area contributed by atoms with E-state index >= 15 is 0 Å². The molecular formula is C11H22N2O. The fourth-order valence-electron chi connectivity index (χ4n) is 2.04. The molecule has 0 spiro atoms. The molecule has 1 saturated carbocycles. The lowest BCUT2D eigenvalue weighted by Crippen LogP contribution is -2.27. The van der Waals surface area contributed by atoms with Crippen molar-refractivity contribution in [2.24, 2.45) is 5.92 Å². The monoisotopic (exact) mass is 198 g/mol. The lowest BCUT2D eigenvalue weighted by molar-refractivity contribution is -0.121. The minimum absolute atomic E-state index is 0.244. The molecular weight excluding hydrogens is 176 g/mol. The summed E-state index contributed by atoms with van der Waals surface area (Å²) in [7, 11) is 1.93. The molecule has 82 valence electrons. The van der Waals surface area contributed by atoms with Crippen molar-refractivity contribution in [1.82, 2.24) is 10.6 Å². The van der Waals surface area contributed by atoms with Crippen molar-refractivity contribution in [2.75, 3.05) is 20.1 Å². The minimum Gasteiger partial charge on any atom is -0.356 e. The van der Waals surface area contributed by atoms with Crippen molar-refractivity contribution < 1.29 is 4.79 Å². The van der Waals surface area contributed by atoms with Crippen molar-refractivity contribution in [1.29, 1.82) is 0 Å². The van der Waals surface area contributed by atoms with Crippen LogP contribution in [-0.2, 0) is 4.79 Å². The second kappa shape index (κ2) is 6.82. The number of hydrogen-bond donors (Lipinski definition) is 2. The van der Waals surface area contributed by atoms with Gasteiger partial charge in [0, 0.05) is 13.0 Å². The second-order valence-electron chi connectivity index (χ2n) is 4.16. The second-order valence-corrected chi connectivity index (χ2v) is 4.16. The summed E-state index contributed by atoms with van der Waals surface area (Å²) in [5.41, 5.74) is 0. The van der Waals surface area contributed by atoms with Gasteiger partial charge in [-0.3, -0.25) is 4.79 Å². The normalized spacial score (nSPS) is 17.2. The van der Waals surface area contributed by atoms with Crippen LogP contribution in [-0.4, -0.2) is 26.0 Å². The van der Waals surface area contributed by atoms with E-state index in [9.17, 15) is 4.79 Å². The molecule has 0 aromatic rings. The van der Waals surface area contributed by atoms with Crippen molar-refractivity contribution in [3.63, 3.8) is 0 Å². The number of nitrogens with one attached hydrogen (secondary N) is 2. The Balaban J connectivity index is 1.98. The van der Waals surface area contributed by atoms with Gasteiger partial charge in [0.05, 0.1) is 0 Å². The first kappa shape index (κ1) is 11.5. The SMILES string of the molecule is CNCCCNC(=O)CC1CCCC1. The van der Waals surface area contributed by atoms with E-state index in [4.69, 9.17) is 0 Å². The molecule has 2 N–H and O–H groups in total. The van der Waals surface area contributed by atoms with Gasteiger partial charge in [0.2, 0.25) is 5.91 Å². The third kappa shape index (κ3) is 4.61. The average molecular weight is 198 g/mol. The molecule has 1 rings (SSSR count). The van der Waals surface area contributed by atoms with Gasteiger partial charge >= 0.3 is 0 Å². The van der Waals surface area contributed by atoms with Gasteiger partial charge in [-0.1, -0.05) is 12.8 Å². The first-order valence-electron chi connectivity index (χ1n) is 5.74. The average Bonchev–Trinajstić information content (AvgIpc) is 2.65. The van der Waals surface area contributed by atoms with Crippen LogP contribution in [0, 0.1) is 5.92 Å². The summed E-state index contributed by atoms with van der Waals surface area (Å²) in [6, 6.07) is 0. The number of rotatable bonds is 6. The van der Waals surface area contributed by atoms with Crippen LogP contribution in [0.25, 0.3) is 0 Å². The zero-order valence-electron chi connectivity index (χ0n) is 9.14. The summed E-state index contributed by atoms with van der Waals surface area (Å²) in [4.78, 5) is 11.4. The molecule has 3 heteroatoms. The number of hydrogen-bond acceptors (Lipinski definition) is 2. The van der Waals surface area contributed by atoms with E-state index in [0.29, 0.717) is 5.92 Å². The van der Waals surface area contributed by atoms with Crippen molar-refractivity contribution in [2.45, 2.75) is 38.5 Å². The molecule has 0 aliphatic heterocycles. The molecule has 1 aliphatic rings. The largest absolute Gasteiger partial charge is 0.356 e. The Morgan fingerprint density at radius 1 is 1.29 bits per heavy atom. The molecule has 0 heterocycles. The topological polar surface area (TPSA) is 41.1 Å². The van der Waals surface area contributed by atoms with E-state index in [1.54, 1.807) is 0 Å². The lowest BCUT2D eigenvalue weighted by atomic mass is 10.0. The van der Waals surface area contributed by atoms with E-state index in [1.807, 2.05) is 7.05 Å². The highest BCUT2D eigenvalue weighted by Gasteiger charge is 2.17. The Labute approximate surface area is 86.6 Å². The Hall–Kier alpha value is -0.570. The molecule has 0 bridgehead atoms. The number of amides is 1. The van der Waals surface area contributed by atoms with Gasteiger partial charge < -0.3 is 10.6 Å². The van der Waals surface area contributed by atoms with E-state index < -0.39 is 0 Å². The van der Waals surface area contributed by atoms with Crippen LogP contribution in [0.3, 0.4) is 0 Å². The Bertz CT molecular complexity index is 165. The van der Waals surface area contributed by atoms with Gasteiger partial charge in [-0.2, -0.15) is 0 Å². The van der Waals surface area contributed by atoms with E-state index in [-0.39, 0.29) is 5.91 Å². The summed E-state index contributed by atoms with van der Waals surface area (Å²) in [6.45, 7) is 1.79. The standard InChI is InChI=1S/C11H22N2O/c1-12-7-4-8-13-11(14)9-10-5-2-3-6-10/h10,12H,2-9H2,1H3,(H,13,14). The third-order valence-corrected chi connectivity index (χ3v) is 2.87. The highest BCUT2D eigenvalue weighted by atomic mass is 16.1. The summed E-state index contributed by atoms with van der Waals surface area (Å²) < 4.78 is 0.